The van der Waals surface area contributed by atoms with Crippen LogP contribution in [0.25, 0.3) is 0 Å². The zero-order chi connectivity index (χ0) is 6.85. The summed E-state index contributed by atoms with van der Waals surface area (Å²) in [6, 6.07) is 1.22. The van der Waals surface area contributed by atoms with Crippen LogP contribution in [0.5, 0.6) is 0 Å². The number of halogens is 2. The molecule has 1 heterocycles. The molecule has 0 bridgehead atoms. The van der Waals surface area contributed by atoms with Crippen LogP contribution in [0, 0.1) is 11.0 Å². The van der Waals surface area contributed by atoms with Gasteiger partial charge >= 0.3 is 0 Å². The maximum atomic E-state index is 12.2. The summed E-state index contributed by atoms with van der Waals surface area (Å²) in [4.78, 5) is 0. The Kier molecular flexibility index (Phi) is 1.66. The smallest absolute Gasteiger partial charge is 0.216 e. The Bertz CT molecular complexity index is 178. The Morgan fingerprint density at radius 2 is 2.22 bits per heavy atom. The molecule has 4 heteroatoms. The van der Waals surface area contributed by atoms with Crippen molar-refractivity contribution in [3.63, 3.8) is 0 Å². The third kappa shape index (κ3) is 1.64. The van der Waals surface area contributed by atoms with Gasteiger partial charge in [0.15, 0.2) is 12.0 Å². The molecule has 0 radical (unpaired) electrons. The van der Waals surface area contributed by atoms with Crippen molar-refractivity contribution in [2.24, 2.45) is 0 Å². The van der Waals surface area contributed by atoms with Gasteiger partial charge in [-0.1, -0.05) is 0 Å². The lowest BCUT2D eigenvalue weighted by molar-refractivity contribution is -0.607. The highest BCUT2D eigenvalue weighted by Gasteiger charge is 1.97. The standard InChI is InChI=1S/C5H3BrFNO/c6-4-1-5(7)3-8(9)2-4/h1-3H. The summed E-state index contributed by atoms with van der Waals surface area (Å²) >= 11 is 2.95. The van der Waals surface area contributed by atoms with Crippen LogP contribution in [0.1, 0.15) is 0 Å². The Balaban J connectivity index is 3.17. The third-order valence-corrected chi connectivity index (χ3v) is 1.21. The topological polar surface area (TPSA) is 26.9 Å². The zero-order valence-corrected chi connectivity index (χ0v) is 5.93. The van der Waals surface area contributed by atoms with Gasteiger partial charge < -0.3 is 5.21 Å². The van der Waals surface area contributed by atoms with Gasteiger partial charge in [-0.05, 0) is 15.9 Å². The molecular weight excluding hydrogens is 189 g/mol. The van der Waals surface area contributed by atoms with Gasteiger partial charge in [0.1, 0.15) is 0 Å². The molecule has 0 unspecified atom stereocenters. The van der Waals surface area contributed by atoms with E-state index in [0.29, 0.717) is 9.20 Å². The quantitative estimate of drug-likeness (QED) is 0.448. The Morgan fingerprint density at radius 3 is 2.67 bits per heavy atom. The largest absolute Gasteiger partial charge is 0.619 e. The van der Waals surface area contributed by atoms with E-state index in [2.05, 4.69) is 15.9 Å². The SMILES string of the molecule is [O-][n+]1cc(F)cc(Br)c1. The van der Waals surface area contributed by atoms with Crippen molar-refractivity contribution < 1.29 is 9.12 Å². The fourth-order valence-corrected chi connectivity index (χ4v) is 0.907. The number of hydrogen-bond acceptors (Lipinski definition) is 1. The van der Waals surface area contributed by atoms with Crippen LogP contribution in [-0.2, 0) is 0 Å². The van der Waals surface area contributed by atoms with Crippen LogP contribution in [0.3, 0.4) is 0 Å². The number of rotatable bonds is 0. The van der Waals surface area contributed by atoms with E-state index in [0.717, 1.165) is 6.20 Å². The molecule has 0 aliphatic rings. The number of aromatic nitrogens is 1. The van der Waals surface area contributed by atoms with Crippen LogP contribution >= 0.6 is 15.9 Å². The van der Waals surface area contributed by atoms with Crippen LogP contribution in [0.4, 0.5) is 4.39 Å². The summed E-state index contributed by atoms with van der Waals surface area (Å²) in [5, 5.41) is 10.4. The second-order valence-corrected chi connectivity index (χ2v) is 2.45. The highest BCUT2D eigenvalue weighted by Crippen LogP contribution is 2.06. The van der Waals surface area contributed by atoms with Crippen molar-refractivity contribution in [1.82, 2.24) is 0 Å². The molecule has 1 rings (SSSR count). The summed E-state index contributed by atoms with van der Waals surface area (Å²) in [5.74, 6) is -0.542. The minimum absolute atomic E-state index is 0.402. The highest BCUT2D eigenvalue weighted by atomic mass is 79.9. The predicted molar refractivity (Wildman–Crippen MR) is 33.1 cm³/mol. The first kappa shape index (κ1) is 6.48. The van der Waals surface area contributed by atoms with Gasteiger partial charge in [0.2, 0.25) is 6.20 Å². The molecule has 1 aromatic heterocycles. The fourth-order valence-electron chi connectivity index (χ4n) is 0.487. The third-order valence-electron chi connectivity index (χ3n) is 0.777. The van der Waals surface area contributed by atoms with Crippen LogP contribution in [-0.4, -0.2) is 0 Å². The molecule has 0 aromatic carbocycles. The number of pyridine rings is 1. The first-order valence-electron chi connectivity index (χ1n) is 2.23. The van der Waals surface area contributed by atoms with Crippen molar-refractivity contribution in [2.45, 2.75) is 0 Å². The van der Waals surface area contributed by atoms with E-state index in [1.165, 1.54) is 12.3 Å². The summed E-state index contributed by atoms with van der Waals surface area (Å²) < 4.78 is 13.0. The van der Waals surface area contributed by atoms with Gasteiger partial charge in [-0.15, -0.1) is 0 Å². The van der Waals surface area contributed by atoms with E-state index in [9.17, 15) is 9.60 Å². The molecule has 0 spiro atoms. The van der Waals surface area contributed by atoms with Gasteiger partial charge in [0, 0.05) is 6.07 Å². The van der Waals surface area contributed by atoms with Crippen molar-refractivity contribution in [3.8, 4) is 0 Å². The van der Waals surface area contributed by atoms with E-state index < -0.39 is 5.82 Å². The van der Waals surface area contributed by atoms with Gasteiger partial charge in [0.05, 0.1) is 4.47 Å². The fraction of sp³-hybridized carbons (Fsp3) is 0. The van der Waals surface area contributed by atoms with Crippen molar-refractivity contribution in [3.05, 3.63) is 34.0 Å². The normalized spacial score (nSPS) is 9.56. The molecule has 0 amide bonds. The molecule has 48 valence electrons. The lowest BCUT2D eigenvalue weighted by atomic mass is 10.5. The van der Waals surface area contributed by atoms with Crippen molar-refractivity contribution in [2.75, 3.05) is 0 Å². The van der Waals surface area contributed by atoms with E-state index in [1.807, 2.05) is 0 Å². The first-order chi connectivity index (χ1) is 4.18. The molecule has 1 aromatic rings. The zero-order valence-electron chi connectivity index (χ0n) is 4.34. The Hall–Kier alpha value is -0.640. The predicted octanol–water partition coefficient (Wildman–Crippen LogP) is 1.22. The molecule has 0 aliphatic heterocycles. The van der Waals surface area contributed by atoms with E-state index in [1.54, 1.807) is 0 Å². The molecule has 0 saturated heterocycles. The van der Waals surface area contributed by atoms with Gasteiger partial charge in [-0.3, -0.25) is 0 Å². The van der Waals surface area contributed by atoms with E-state index >= 15 is 0 Å². The molecule has 0 saturated carbocycles. The number of hydrogen-bond donors (Lipinski definition) is 0. The van der Waals surface area contributed by atoms with Gasteiger partial charge in [-0.2, -0.15) is 4.73 Å². The van der Waals surface area contributed by atoms with Gasteiger partial charge in [0.25, 0.3) is 0 Å². The second kappa shape index (κ2) is 2.31. The monoisotopic (exact) mass is 191 g/mol. The molecule has 0 N–H and O–H groups in total. The molecule has 2 nitrogen and oxygen atoms in total. The van der Waals surface area contributed by atoms with Crippen molar-refractivity contribution >= 4 is 15.9 Å². The van der Waals surface area contributed by atoms with Crippen molar-refractivity contribution in [1.29, 1.82) is 0 Å². The van der Waals surface area contributed by atoms with E-state index in [-0.39, 0.29) is 0 Å². The minimum Gasteiger partial charge on any atom is -0.619 e. The minimum atomic E-state index is -0.542. The molecular formula is C5H3BrFNO. The lowest BCUT2D eigenvalue weighted by Crippen LogP contribution is -2.24. The molecule has 0 fully saturated rings. The Labute approximate surface area is 59.6 Å². The molecule has 0 atom stereocenters. The summed E-state index contributed by atoms with van der Waals surface area (Å²) in [5.41, 5.74) is 0. The summed E-state index contributed by atoms with van der Waals surface area (Å²) in [6.07, 6.45) is 2.08. The average Bonchev–Trinajstić information content (AvgIpc) is 1.59. The average molecular weight is 192 g/mol. The molecule has 0 aliphatic carbocycles. The molecule has 9 heavy (non-hydrogen) atoms. The van der Waals surface area contributed by atoms with E-state index in [4.69, 9.17) is 0 Å². The lowest BCUT2D eigenvalue weighted by Gasteiger charge is -1.93. The summed E-state index contributed by atoms with van der Waals surface area (Å²) in [6.45, 7) is 0. The maximum Gasteiger partial charge on any atom is 0.216 e. The Morgan fingerprint density at radius 1 is 1.56 bits per heavy atom. The summed E-state index contributed by atoms with van der Waals surface area (Å²) in [7, 11) is 0. The van der Waals surface area contributed by atoms with Gasteiger partial charge in [-0.25, -0.2) is 4.39 Å². The first-order valence-corrected chi connectivity index (χ1v) is 3.02. The maximum absolute atomic E-state index is 12.2. The second-order valence-electron chi connectivity index (χ2n) is 1.53. The van der Waals surface area contributed by atoms with Crippen LogP contribution < -0.4 is 4.73 Å². The van der Waals surface area contributed by atoms with Crippen LogP contribution in [0.2, 0.25) is 0 Å². The highest BCUT2D eigenvalue weighted by molar-refractivity contribution is 9.10. The number of nitrogens with zero attached hydrogens (tertiary/aromatic N) is 1. The van der Waals surface area contributed by atoms with Crippen LogP contribution in [0.15, 0.2) is 22.9 Å².